The predicted molar refractivity (Wildman–Crippen MR) is 121 cm³/mol. The van der Waals surface area contributed by atoms with Crippen LogP contribution in [0, 0.1) is 13.8 Å². The molecule has 4 rings (SSSR count). The number of ether oxygens (including phenoxy) is 1. The third-order valence-electron chi connectivity index (χ3n) is 5.71. The minimum atomic E-state index is -0.0289. The van der Waals surface area contributed by atoms with E-state index in [4.69, 9.17) is 17.0 Å². The number of nitrogens with one attached hydrogen (secondary N) is 1. The number of methoxy groups -OCH3 is 1. The largest absolute Gasteiger partial charge is 0.383 e. The number of aryl methyl sites for hydroxylation is 1. The maximum Gasteiger partial charge on any atom is 0.170 e. The van der Waals surface area contributed by atoms with Crippen molar-refractivity contribution in [3.8, 4) is 0 Å². The molecule has 0 bridgehead atoms. The van der Waals surface area contributed by atoms with Gasteiger partial charge in [-0.2, -0.15) is 0 Å². The number of aromatic nitrogens is 3. The predicted octanol–water partition coefficient (Wildman–Crippen LogP) is 3.71. The Balaban J connectivity index is 1.76. The highest BCUT2D eigenvalue weighted by atomic mass is 32.1. The number of nitrogens with zero attached hydrogens (tertiary/aromatic N) is 4. The van der Waals surface area contributed by atoms with Gasteiger partial charge in [-0.15, -0.1) is 0 Å². The van der Waals surface area contributed by atoms with Crippen molar-refractivity contribution in [3.63, 3.8) is 0 Å². The van der Waals surface area contributed by atoms with Gasteiger partial charge in [0.1, 0.15) is 0 Å². The first-order valence-corrected chi connectivity index (χ1v) is 10.5. The van der Waals surface area contributed by atoms with Crippen LogP contribution in [0.1, 0.15) is 40.4 Å². The maximum absolute atomic E-state index is 5.78. The second kappa shape index (κ2) is 8.93. The van der Waals surface area contributed by atoms with Crippen LogP contribution in [0.15, 0.2) is 54.9 Å². The van der Waals surface area contributed by atoms with Gasteiger partial charge in [-0.3, -0.25) is 9.97 Å². The molecule has 4 heterocycles. The molecular weight excluding hydrogens is 394 g/mol. The lowest BCUT2D eigenvalue weighted by molar-refractivity contribution is 0.186. The summed E-state index contributed by atoms with van der Waals surface area (Å²) in [4.78, 5) is 11.4. The summed E-state index contributed by atoms with van der Waals surface area (Å²) in [6.45, 7) is 6.47. The van der Waals surface area contributed by atoms with E-state index < -0.39 is 0 Å². The first-order chi connectivity index (χ1) is 14.6. The molecule has 6 nitrogen and oxygen atoms in total. The normalized spacial score (nSPS) is 18.6. The Kier molecular flexibility index (Phi) is 6.11. The molecule has 0 unspecified atom stereocenters. The Labute approximate surface area is 182 Å². The van der Waals surface area contributed by atoms with Crippen molar-refractivity contribution in [3.05, 3.63) is 83.2 Å². The molecule has 156 valence electrons. The number of pyridine rings is 2. The van der Waals surface area contributed by atoms with Crippen molar-refractivity contribution in [2.24, 2.45) is 0 Å². The van der Waals surface area contributed by atoms with Gasteiger partial charge < -0.3 is 19.5 Å². The molecule has 0 aromatic carbocycles. The monoisotopic (exact) mass is 421 g/mol. The van der Waals surface area contributed by atoms with Gasteiger partial charge in [0.25, 0.3) is 0 Å². The fourth-order valence-corrected chi connectivity index (χ4v) is 4.54. The van der Waals surface area contributed by atoms with E-state index in [0.29, 0.717) is 13.2 Å². The minimum Gasteiger partial charge on any atom is -0.383 e. The first kappa shape index (κ1) is 20.5. The second-order valence-corrected chi connectivity index (χ2v) is 7.93. The van der Waals surface area contributed by atoms with E-state index in [2.05, 4.69) is 50.7 Å². The molecule has 30 heavy (non-hydrogen) atoms. The highest BCUT2D eigenvalue weighted by Crippen LogP contribution is 2.41. The molecular formula is C23H27N5OS. The summed E-state index contributed by atoms with van der Waals surface area (Å²) in [6.07, 6.45) is 3.66. The topological polar surface area (TPSA) is 55.2 Å². The van der Waals surface area contributed by atoms with Gasteiger partial charge in [-0.25, -0.2) is 0 Å². The van der Waals surface area contributed by atoms with E-state index in [1.54, 1.807) is 7.11 Å². The molecule has 0 amide bonds. The lowest BCUT2D eigenvalue weighted by Gasteiger charge is -2.28. The van der Waals surface area contributed by atoms with Gasteiger partial charge in [0.05, 0.1) is 36.6 Å². The number of hydrogen-bond donors (Lipinski definition) is 1. The van der Waals surface area contributed by atoms with Crippen LogP contribution in [-0.4, -0.2) is 38.3 Å². The molecule has 7 heteroatoms. The maximum atomic E-state index is 5.78. The molecule has 2 atom stereocenters. The summed E-state index contributed by atoms with van der Waals surface area (Å²) in [5, 5.41) is 4.25. The standard InChI is InChI=1S/C23H27N5OS/c1-16-14-19(17(2)27(16)12-13-29-3)22-21(20-9-5-7-11-25-20)26-23(30)28(22)15-18-8-4-6-10-24-18/h4-11,14,21-22H,12-13,15H2,1-3H3,(H,26,30)/t21-,22-/m0/s1. The summed E-state index contributed by atoms with van der Waals surface area (Å²) in [5.74, 6) is 0. The van der Waals surface area contributed by atoms with Crippen molar-refractivity contribution in [1.82, 2.24) is 24.8 Å². The van der Waals surface area contributed by atoms with Crippen molar-refractivity contribution >= 4 is 17.3 Å². The minimum absolute atomic E-state index is 0.0249. The van der Waals surface area contributed by atoms with Crippen LogP contribution >= 0.6 is 12.2 Å². The second-order valence-electron chi connectivity index (χ2n) is 7.55. The van der Waals surface area contributed by atoms with Gasteiger partial charge >= 0.3 is 0 Å². The Hall–Kier alpha value is -2.77. The molecule has 0 spiro atoms. The van der Waals surface area contributed by atoms with Gasteiger partial charge in [0.2, 0.25) is 0 Å². The van der Waals surface area contributed by atoms with Crippen LogP contribution in [0.3, 0.4) is 0 Å². The van der Waals surface area contributed by atoms with Gasteiger partial charge in [-0.05, 0) is 62.0 Å². The van der Waals surface area contributed by atoms with Gasteiger partial charge in [0, 0.05) is 37.4 Å². The van der Waals surface area contributed by atoms with Crippen LogP contribution in [0.2, 0.25) is 0 Å². The van der Waals surface area contributed by atoms with Crippen LogP contribution < -0.4 is 5.32 Å². The highest BCUT2D eigenvalue weighted by Gasteiger charge is 2.41. The Morgan fingerprint density at radius 3 is 2.53 bits per heavy atom. The van der Waals surface area contributed by atoms with E-state index in [9.17, 15) is 0 Å². The molecule has 1 N–H and O–H groups in total. The first-order valence-electron chi connectivity index (χ1n) is 10.1. The number of rotatable bonds is 7. The summed E-state index contributed by atoms with van der Waals surface area (Å²) in [6, 6.07) is 14.3. The summed E-state index contributed by atoms with van der Waals surface area (Å²) in [5.41, 5.74) is 5.67. The zero-order valence-electron chi connectivity index (χ0n) is 17.6. The van der Waals surface area contributed by atoms with Gasteiger partial charge in [0.15, 0.2) is 5.11 Å². The zero-order chi connectivity index (χ0) is 21.1. The van der Waals surface area contributed by atoms with Crippen LogP contribution in [-0.2, 0) is 17.8 Å². The summed E-state index contributed by atoms with van der Waals surface area (Å²) >= 11 is 5.78. The summed E-state index contributed by atoms with van der Waals surface area (Å²) in [7, 11) is 1.74. The van der Waals surface area contributed by atoms with Gasteiger partial charge in [-0.1, -0.05) is 12.1 Å². The summed E-state index contributed by atoms with van der Waals surface area (Å²) < 4.78 is 7.63. The Morgan fingerprint density at radius 2 is 1.87 bits per heavy atom. The third kappa shape index (κ3) is 3.95. The fraction of sp³-hybridized carbons (Fsp3) is 0.348. The average molecular weight is 422 g/mol. The smallest absolute Gasteiger partial charge is 0.170 e. The lowest BCUT2D eigenvalue weighted by Crippen LogP contribution is -2.29. The van der Waals surface area contributed by atoms with Crippen molar-refractivity contribution < 1.29 is 4.74 Å². The molecule has 3 aromatic rings. The Morgan fingerprint density at radius 1 is 1.10 bits per heavy atom. The fourth-order valence-electron chi connectivity index (χ4n) is 4.23. The van der Waals surface area contributed by atoms with Crippen molar-refractivity contribution in [1.29, 1.82) is 0 Å². The third-order valence-corrected chi connectivity index (χ3v) is 6.06. The zero-order valence-corrected chi connectivity index (χ0v) is 18.4. The van der Waals surface area contributed by atoms with Crippen LogP contribution in [0.5, 0.6) is 0 Å². The molecule has 1 aliphatic heterocycles. The molecule has 1 saturated heterocycles. The quantitative estimate of drug-likeness (QED) is 0.587. The molecule has 0 aliphatic carbocycles. The van der Waals surface area contributed by atoms with E-state index in [-0.39, 0.29) is 12.1 Å². The van der Waals surface area contributed by atoms with E-state index in [1.165, 1.54) is 17.0 Å². The molecule has 1 aliphatic rings. The van der Waals surface area contributed by atoms with E-state index >= 15 is 0 Å². The van der Waals surface area contributed by atoms with E-state index in [1.807, 2.05) is 42.7 Å². The van der Waals surface area contributed by atoms with E-state index in [0.717, 1.165) is 23.0 Å². The van der Waals surface area contributed by atoms with Crippen molar-refractivity contribution in [2.75, 3.05) is 13.7 Å². The Bertz CT molecular complexity index is 1010. The molecule has 0 saturated carbocycles. The van der Waals surface area contributed by atoms with Crippen molar-refractivity contribution in [2.45, 2.75) is 39.0 Å². The average Bonchev–Trinajstić information content (AvgIpc) is 3.23. The molecule has 3 aromatic heterocycles. The molecule has 1 fully saturated rings. The highest BCUT2D eigenvalue weighted by molar-refractivity contribution is 7.80. The van der Waals surface area contributed by atoms with Crippen LogP contribution in [0.4, 0.5) is 0 Å². The molecule has 0 radical (unpaired) electrons. The lowest BCUT2D eigenvalue weighted by atomic mass is 9.96. The van der Waals surface area contributed by atoms with Crippen LogP contribution in [0.25, 0.3) is 0 Å². The number of thiocarbonyl (C=S) groups is 1. The number of hydrogen-bond acceptors (Lipinski definition) is 4. The SMILES string of the molecule is COCCn1c(C)cc([C@H]2[C@H](c3ccccn3)NC(=S)N2Cc2ccccn2)c1C.